The van der Waals surface area contributed by atoms with Crippen molar-refractivity contribution in [2.45, 2.75) is 6.92 Å². The number of rotatable bonds is 6. The first-order chi connectivity index (χ1) is 13.4. The van der Waals surface area contributed by atoms with E-state index < -0.39 is 12.6 Å². The maximum absolute atomic E-state index is 12.5. The van der Waals surface area contributed by atoms with Crippen molar-refractivity contribution in [3.63, 3.8) is 0 Å². The summed E-state index contributed by atoms with van der Waals surface area (Å²) in [4.78, 5) is 29.2. The van der Waals surface area contributed by atoms with E-state index in [0.717, 1.165) is 10.9 Å². The molecule has 1 heterocycles. The van der Waals surface area contributed by atoms with Gasteiger partial charge in [0.15, 0.2) is 23.9 Å². The van der Waals surface area contributed by atoms with Crippen molar-refractivity contribution < 1.29 is 23.8 Å². The van der Waals surface area contributed by atoms with E-state index in [1.807, 2.05) is 0 Å². The van der Waals surface area contributed by atoms with Crippen molar-refractivity contribution in [3.8, 4) is 11.5 Å². The van der Waals surface area contributed by atoms with Gasteiger partial charge in [0.05, 0.1) is 31.0 Å². The SMILES string of the molecule is COc1ccc(C(=O)COC(=O)c2cc3cc(Cl)ccc3nc2C)cc1OC. The number of benzene rings is 2. The average Bonchev–Trinajstić information content (AvgIpc) is 2.70. The van der Waals surface area contributed by atoms with Gasteiger partial charge in [0.2, 0.25) is 0 Å². The van der Waals surface area contributed by atoms with Crippen LogP contribution >= 0.6 is 11.6 Å². The summed E-state index contributed by atoms with van der Waals surface area (Å²) in [5.74, 6) is -0.0526. The van der Waals surface area contributed by atoms with Crippen LogP contribution in [-0.4, -0.2) is 37.6 Å². The first-order valence-corrected chi connectivity index (χ1v) is 8.80. The Morgan fingerprint density at radius 2 is 1.75 bits per heavy atom. The summed E-state index contributed by atoms with van der Waals surface area (Å²) in [6.07, 6.45) is 0. The molecule has 7 heteroatoms. The molecule has 0 saturated carbocycles. The minimum atomic E-state index is -0.624. The van der Waals surface area contributed by atoms with Gasteiger partial charge < -0.3 is 14.2 Å². The fraction of sp³-hybridized carbons (Fsp3) is 0.190. The van der Waals surface area contributed by atoms with Crippen LogP contribution in [0.4, 0.5) is 0 Å². The minimum Gasteiger partial charge on any atom is -0.493 e. The number of esters is 1. The molecule has 0 spiro atoms. The maximum Gasteiger partial charge on any atom is 0.340 e. The van der Waals surface area contributed by atoms with E-state index in [1.165, 1.54) is 14.2 Å². The number of hydrogen-bond acceptors (Lipinski definition) is 6. The third-order valence-electron chi connectivity index (χ3n) is 4.23. The summed E-state index contributed by atoms with van der Waals surface area (Å²) in [5.41, 5.74) is 1.87. The van der Waals surface area contributed by atoms with Crippen molar-refractivity contribution in [3.05, 3.63) is 64.3 Å². The Morgan fingerprint density at radius 3 is 2.46 bits per heavy atom. The van der Waals surface area contributed by atoms with Crippen LogP contribution in [0.15, 0.2) is 42.5 Å². The zero-order valence-corrected chi connectivity index (χ0v) is 16.4. The van der Waals surface area contributed by atoms with Crippen LogP contribution in [0.2, 0.25) is 5.02 Å². The monoisotopic (exact) mass is 399 g/mol. The molecule has 0 unspecified atom stereocenters. The van der Waals surface area contributed by atoms with Crippen LogP contribution in [0, 0.1) is 6.92 Å². The fourth-order valence-corrected chi connectivity index (χ4v) is 2.93. The highest BCUT2D eigenvalue weighted by Crippen LogP contribution is 2.28. The molecule has 0 radical (unpaired) electrons. The number of carbonyl (C=O) groups excluding carboxylic acids is 2. The Kier molecular flexibility index (Phi) is 5.80. The van der Waals surface area contributed by atoms with Crippen molar-refractivity contribution >= 4 is 34.3 Å². The molecule has 144 valence electrons. The molecule has 0 N–H and O–H groups in total. The molecule has 2 aromatic carbocycles. The second-order valence-electron chi connectivity index (χ2n) is 6.03. The van der Waals surface area contributed by atoms with E-state index in [9.17, 15) is 9.59 Å². The van der Waals surface area contributed by atoms with Gasteiger partial charge in [-0.1, -0.05) is 11.6 Å². The van der Waals surface area contributed by atoms with Gasteiger partial charge in [-0.15, -0.1) is 0 Å². The number of fused-ring (bicyclic) bond motifs is 1. The Hall–Kier alpha value is -3.12. The second-order valence-corrected chi connectivity index (χ2v) is 6.46. The summed E-state index contributed by atoms with van der Waals surface area (Å²) < 4.78 is 15.5. The number of halogens is 1. The second kappa shape index (κ2) is 8.27. The van der Waals surface area contributed by atoms with Gasteiger partial charge in [0.25, 0.3) is 0 Å². The lowest BCUT2D eigenvalue weighted by Crippen LogP contribution is -2.15. The maximum atomic E-state index is 12.5. The molecule has 0 amide bonds. The number of hydrogen-bond donors (Lipinski definition) is 0. The minimum absolute atomic E-state index is 0.287. The van der Waals surface area contributed by atoms with Gasteiger partial charge in [0, 0.05) is 16.0 Å². The third kappa shape index (κ3) is 4.07. The molecule has 0 atom stereocenters. The number of ether oxygens (including phenoxy) is 3. The largest absolute Gasteiger partial charge is 0.493 e. The van der Waals surface area contributed by atoms with Gasteiger partial charge in [-0.2, -0.15) is 0 Å². The van der Waals surface area contributed by atoms with Gasteiger partial charge in [-0.3, -0.25) is 9.78 Å². The number of Topliss-reactive ketones (excluding diaryl/α,β-unsaturated/α-hetero) is 1. The molecular weight excluding hydrogens is 382 g/mol. The lowest BCUT2D eigenvalue weighted by molar-refractivity contribution is 0.0473. The summed E-state index contributed by atoms with van der Waals surface area (Å²) in [6.45, 7) is 1.31. The highest BCUT2D eigenvalue weighted by atomic mass is 35.5. The van der Waals surface area contributed by atoms with Gasteiger partial charge in [0.1, 0.15) is 0 Å². The third-order valence-corrected chi connectivity index (χ3v) is 4.46. The summed E-state index contributed by atoms with van der Waals surface area (Å²) in [6, 6.07) is 11.6. The average molecular weight is 400 g/mol. The molecule has 0 aliphatic heterocycles. The zero-order valence-electron chi connectivity index (χ0n) is 15.6. The Balaban J connectivity index is 1.76. The number of pyridine rings is 1. The number of ketones is 1. The van der Waals surface area contributed by atoms with Crippen LogP contribution in [0.1, 0.15) is 26.4 Å². The van der Waals surface area contributed by atoms with E-state index in [4.69, 9.17) is 25.8 Å². The molecule has 0 bridgehead atoms. The topological polar surface area (TPSA) is 74.7 Å². The van der Waals surface area contributed by atoms with E-state index in [2.05, 4.69) is 4.98 Å². The van der Waals surface area contributed by atoms with Crippen LogP contribution in [-0.2, 0) is 4.74 Å². The highest BCUT2D eigenvalue weighted by molar-refractivity contribution is 6.31. The molecule has 28 heavy (non-hydrogen) atoms. The van der Waals surface area contributed by atoms with Crippen molar-refractivity contribution in [1.29, 1.82) is 0 Å². The van der Waals surface area contributed by atoms with E-state index in [-0.39, 0.29) is 11.3 Å². The van der Waals surface area contributed by atoms with Gasteiger partial charge in [-0.05, 0) is 49.4 Å². The Labute approximate surface area is 167 Å². The molecule has 0 saturated heterocycles. The number of methoxy groups -OCH3 is 2. The first-order valence-electron chi connectivity index (χ1n) is 8.42. The normalized spacial score (nSPS) is 10.6. The zero-order chi connectivity index (χ0) is 20.3. The van der Waals surface area contributed by atoms with Crippen LogP contribution in [0.3, 0.4) is 0 Å². The molecular formula is C21H18ClNO5. The molecule has 0 aliphatic rings. The fourth-order valence-electron chi connectivity index (χ4n) is 2.75. The lowest BCUT2D eigenvalue weighted by Gasteiger charge is -2.10. The van der Waals surface area contributed by atoms with Crippen molar-refractivity contribution in [2.24, 2.45) is 0 Å². The molecule has 0 aliphatic carbocycles. The predicted molar refractivity (Wildman–Crippen MR) is 106 cm³/mol. The first kappa shape index (κ1) is 19.6. The Bertz CT molecular complexity index is 1060. The van der Waals surface area contributed by atoms with E-state index in [1.54, 1.807) is 49.4 Å². The molecule has 3 rings (SSSR count). The molecule has 0 fully saturated rings. The smallest absolute Gasteiger partial charge is 0.340 e. The van der Waals surface area contributed by atoms with Crippen LogP contribution in [0.25, 0.3) is 10.9 Å². The standard InChI is InChI=1S/C21H18ClNO5/c1-12-16(9-14-8-15(22)5-6-17(14)23-12)21(25)28-11-18(24)13-4-7-19(26-2)20(10-13)27-3/h4-10H,11H2,1-3H3. The van der Waals surface area contributed by atoms with Gasteiger partial charge >= 0.3 is 5.97 Å². The quantitative estimate of drug-likeness (QED) is 0.455. The highest BCUT2D eigenvalue weighted by Gasteiger charge is 2.17. The van der Waals surface area contributed by atoms with E-state index in [0.29, 0.717) is 27.8 Å². The predicted octanol–water partition coefficient (Wildman–Crippen LogP) is 4.25. The van der Waals surface area contributed by atoms with E-state index >= 15 is 0 Å². The summed E-state index contributed by atoms with van der Waals surface area (Å²) in [7, 11) is 2.99. The van der Waals surface area contributed by atoms with Crippen LogP contribution in [0.5, 0.6) is 11.5 Å². The lowest BCUT2D eigenvalue weighted by atomic mass is 10.1. The Morgan fingerprint density at radius 1 is 1.00 bits per heavy atom. The molecule has 6 nitrogen and oxygen atoms in total. The molecule has 3 aromatic rings. The molecule has 1 aromatic heterocycles. The number of carbonyl (C=O) groups is 2. The van der Waals surface area contributed by atoms with Gasteiger partial charge in [-0.25, -0.2) is 4.79 Å². The van der Waals surface area contributed by atoms with Crippen molar-refractivity contribution in [2.75, 3.05) is 20.8 Å². The summed E-state index contributed by atoms with van der Waals surface area (Å²) >= 11 is 6.00. The number of aromatic nitrogens is 1. The summed E-state index contributed by atoms with van der Waals surface area (Å²) in [5, 5.41) is 1.26. The van der Waals surface area contributed by atoms with Crippen molar-refractivity contribution in [1.82, 2.24) is 4.98 Å². The number of nitrogens with zero attached hydrogens (tertiary/aromatic N) is 1. The van der Waals surface area contributed by atoms with Crippen LogP contribution < -0.4 is 9.47 Å². The number of aryl methyl sites for hydroxylation is 1.